The van der Waals surface area contributed by atoms with Crippen LogP contribution in [0.5, 0.6) is 0 Å². The second-order valence-electron chi connectivity index (χ2n) is 6.31. The molecule has 1 spiro atoms. The molecule has 3 rings (SSSR count). The van der Waals surface area contributed by atoms with Crippen LogP contribution >= 0.6 is 0 Å². The maximum Gasteiger partial charge on any atom is 0.193 e. The highest BCUT2D eigenvalue weighted by molar-refractivity contribution is 7.85. The highest BCUT2D eigenvalue weighted by atomic mass is 32.2. The summed E-state index contributed by atoms with van der Waals surface area (Å²) in [7, 11) is 0.844. The fourth-order valence-corrected chi connectivity index (χ4v) is 4.35. The molecule has 2 aliphatic heterocycles. The highest BCUT2D eigenvalue weighted by Crippen LogP contribution is 2.38. The quantitative estimate of drug-likeness (QED) is 0.669. The van der Waals surface area contributed by atoms with Gasteiger partial charge in [0.2, 0.25) is 0 Å². The molecule has 2 unspecified atom stereocenters. The van der Waals surface area contributed by atoms with Crippen molar-refractivity contribution in [1.29, 1.82) is 0 Å². The lowest BCUT2D eigenvalue weighted by Gasteiger charge is -2.24. The van der Waals surface area contributed by atoms with Crippen molar-refractivity contribution in [3.63, 3.8) is 0 Å². The summed E-state index contributed by atoms with van der Waals surface area (Å²) in [6.07, 6.45) is 2.32. The van der Waals surface area contributed by atoms with Crippen molar-refractivity contribution in [3.05, 3.63) is 30.3 Å². The Labute approximate surface area is 140 Å². The third-order valence-electron chi connectivity index (χ3n) is 4.71. The lowest BCUT2D eigenvalue weighted by Crippen LogP contribution is -2.42. The van der Waals surface area contributed by atoms with Crippen LogP contribution in [0.25, 0.3) is 0 Å². The van der Waals surface area contributed by atoms with E-state index in [1.54, 1.807) is 0 Å². The summed E-state index contributed by atoms with van der Waals surface area (Å²) in [5.74, 6) is 1.50. The molecule has 1 aromatic carbocycles. The van der Waals surface area contributed by atoms with Gasteiger partial charge < -0.3 is 15.0 Å². The van der Waals surface area contributed by atoms with E-state index in [9.17, 15) is 4.21 Å². The largest absolute Gasteiger partial charge is 0.381 e. The number of guanidine groups is 1. The van der Waals surface area contributed by atoms with Crippen LogP contribution in [0.4, 0.5) is 0 Å². The van der Waals surface area contributed by atoms with Gasteiger partial charge >= 0.3 is 0 Å². The average molecular weight is 335 g/mol. The molecule has 1 aromatic rings. The number of likely N-dealkylation sites (tertiary alicyclic amines) is 1. The summed E-state index contributed by atoms with van der Waals surface area (Å²) < 4.78 is 17.8. The molecule has 0 aromatic heterocycles. The van der Waals surface area contributed by atoms with Gasteiger partial charge in [0.05, 0.1) is 17.4 Å². The smallest absolute Gasteiger partial charge is 0.193 e. The number of nitrogens with one attached hydrogen (secondary N) is 1. The zero-order chi connectivity index (χ0) is 16.1. The van der Waals surface area contributed by atoms with E-state index < -0.39 is 10.8 Å². The summed E-state index contributed by atoms with van der Waals surface area (Å²) in [6.45, 7) is 4.45. The van der Waals surface area contributed by atoms with Crippen LogP contribution in [0, 0.1) is 5.41 Å². The van der Waals surface area contributed by atoms with Gasteiger partial charge in [-0.25, -0.2) is 0 Å². The second kappa shape index (κ2) is 7.45. The van der Waals surface area contributed by atoms with E-state index in [4.69, 9.17) is 4.74 Å². The van der Waals surface area contributed by atoms with Crippen molar-refractivity contribution in [2.75, 3.05) is 45.6 Å². The molecule has 2 fully saturated rings. The second-order valence-corrected chi connectivity index (χ2v) is 7.88. The van der Waals surface area contributed by atoms with Crippen LogP contribution < -0.4 is 5.32 Å². The fraction of sp³-hybridized carbons (Fsp3) is 0.588. The molecule has 2 heterocycles. The van der Waals surface area contributed by atoms with E-state index in [1.165, 1.54) is 6.42 Å². The van der Waals surface area contributed by atoms with Crippen molar-refractivity contribution in [2.45, 2.75) is 17.7 Å². The summed E-state index contributed by atoms with van der Waals surface area (Å²) in [4.78, 5) is 7.57. The zero-order valence-electron chi connectivity index (χ0n) is 13.7. The van der Waals surface area contributed by atoms with Crippen molar-refractivity contribution < 1.29 is 8.95 Å². The van der Waals surface area contributed by atoms with Crippen molar-refractivity contribution in [1.82, 2.24) is 10.2 Å². The third-order valence-corrected chi connectivity index (χ3v) is 6.08. The summed E-state index contributed by atoms with van der Waals surface area (Å²) >= 11 is 0. The zero-order valence-corrected chi connectivity index (χ0v) is 14.5. The van der Waals surface area contributed by atoms with E-state index in [0.717, 1.165) is 43.6 Å². The van der Waals surface area contributed by atoms with Gasteiger partial charge in [-0.05, 0) is 25.0 Å². The Morgan fingerprint density at radius 2 is 2.22 bits per heavy atom. The maximum absolute atomic E-state index is 12.2. The van der Waals surface area contributed by atoms with Gasteiger partial charge in [0.15, 0.2) is 5.96 Å². The Bertz CT molecular complexity index is 570. The lowest BCUT2D eigenvalue weighted by molar-refractivity contribution is 0.156. The van der Waals surface area contributed by atoms with Crippen LogP contribution in [-0.4, -0.2) is 60.7 Å². The van der Waals surface area contributed by atoms with Crippen molar-refractivity contribution in [2.24, 2.45) is 10.4 Å². The van der Waals surface area contributed by atoms with Gasteiger partial charge in [-0.3, -0.25) is 9.20 Å². The molecule has 1 N–H and O–H groups in total. The number of benzene rings is 1. The van der Waals surface area contributed by atoms with Gasteiger partial charge in [0.1, 0.15) is 0 Å². The first-order valence-electron chi connectivity index (χ1n) is 8.19. The Morgan fingerprint density at radius 1 is 1.39 bits per heavy atom. The average Bonchev–Trinajstić information content (AvgIpc) is 3.22. The van der Waals surface area contributed by atoms with Crippen molar-refractivity contribution in [3.8, 4) is 0 Å². The molecule has 23 heavy (non-hydrogen) atoms. The topological polar surface area (TPSA) is 53.9 Å². The number of rotatable bonds is 4. The first-order chi connectivity index (χ1) is 11.2. The van der Waals surface area contributed by atoms with Gasteiger partial charge in [0, 0.05) is 49.4 Å². The molecule has 126 valence electrons. The van der Waals surface area contributed by atoms with Crippen LogP contribution in [0.15, 0.2) is 40.2 Å². The Balaban J connectivity index is 1.48. The predicted octanol–water partition coefficient (Wildman–Crippen LogP) is 1.48. The third kappa shape index (κ3) is 3.93. The number of ether oxygens (including phenoxy) is 1. The molecule has 2 saturated heterocycles. The Morgan fingerprint density at radius 3 is 2.91 bits per heavy atom. The van der Waals surface area contributed by atoms with Crippen LogP contribution in [-0.2, 0) is 15.5 Å². The van der Waals surface area contributed by atoms with Gasteiger partial charge in [-0.2, -0.15) is 0 Å². The Hall–Kier alpha value is -1.40. The van der Waals surface area contributed by atoms with Crippen molar-refractivity contribution >= 4 is 16.8 Å². The fourth-order valence-electron chi connectivity index (χ4n) is 3.37. The number of hydrogen-bond donors (Lipinski definition) is 1. The van der Waals surface area contributed by atoms with Crippen LogP contribution in [0.1, 0.15) is 12.8 Å². The van der Waals surface area contributed by atoms with E-state index in [2.05, 4.69) is 15.2 Å². The molecule has 2 atom stereocenters. The van der Waals surface area contributed by atoms with Crippen LogP contribution in [0.3, 0.4) is 0 Å². The normalized spacial score (nSPS) is 26.0. The number of nitrogens with zero attached hydrogens (tertiary/aromatic N) is 2. The molecule has 2 aliphatic rings. The molecule has 0 bridgehead atoms. The van der Waals surface area contributed by atoms with Gasteiger partial charge in [-0.15, -0.1) is 0 Å². The molecule has 0 aliphatic carbocycles. The minimum absolute atomic E-state index is 0.324. The van der Waals surface area contributed by atoms with Gasteiger partial charge in [-0.1, -0.05) is 18.2 Å². The first-order valence-corrected chi connectivity index (χ1v) is 9.51. The minimum Gasteiger partial charge on any atom is -0.381 e. The van der Waals surface area contributed by atoms with E-state index in [1.807, 2.05) is 37.4 Å². The number of hydrogen-bond acceptors (Lipinski definition) is 3. The summed E-state index contributed by atoms with van der Waals surface area (Å²) in [6, 6.07) is 9.61. The van der Waals surface area contributed by atoms with E-state index >= 15 is 0 Å². The standard InChI is InChI=1S/C17H25N3O2S/c1-18-16(20-10-7-17(13-20)8-11-22-14-17)19-9-12-23(21)15-5-3-2-4-6-15/h2-6H,7-14H2,1H3,(H,18,19). The molecule has 0 amide bonds. The lowest BCUT2D eigenvalue weighted by atomic mass is 9.87. The molecular formula is C17H25N3O2S. The molecule has 0 radical (unpaired) electrons. The highest BCUT2D eigenvalue weighted by Gasteiger charge is 2.42. The van der Waals surface area contributed by atoms with E-state index in [-0.39, 0.29) is 0 Å². The summed E-state index contributed by atoms with van der Waals surface area (Å²) in [5, 5.41) is 3.36. The SMILES string of the molecule is CN=C(NCCS(=O)c1ccccc1)N1CCC2(CCOC2)C1. The molecule has 5 nitrogen and oxygen atoms in total. The molecular weight excluding hydrogens is 310 g/mol. The Kier molecular flexibility index (Phi) is 5.33. The monoisotopic (exact) mass is 335 g/mol. The molecule has 6 heteroatoms. The molecule has 0 saturated carbocycles. The minimum atomic E-state index is -0.968. The summed E-state index contributed by atoms with van der Waals surface area (Å²) in [5.41, 5.74) is 0.324. The number of aliphatic imine (C=N–C) groups is 1. The van der Waals surface area contributed by atoms with Crippen LogP contribution in [0.2, 0.25) is 0 Å². The first kappa shape index (κ1) is 16.5. The predicted molar refractivity (Wildman–Crippen MR) is 93.1 cm³/mol. The van der Waals surface area contributed by atoms with Gasteiger partial charge in [0.25, 0.3) is 0 Å². The van der Waals surface area contributed by atoms with E-state index in [0.29, 0.717) is 17.7 Å². The maximum atomic E-state index is 12.2.